The van der Waals surface area contributed by atoms with Crippen molar-refractivity contribution in [3.05, 3.63) is 42.7 Å². The lowest BCUT2D eigenvalue weighted by atomic mass is 10.1. The fourth-order valence-electron chi connectivity index (χ4n) is 1.80. The van der Waals surface area contributed by atoms with E-state index in [4.69, 9.17) is 10.5 Å². The first-order valence-corrected chi connectivity index (χ1v) is 6.65. The average molecular weight is 285 g/mol. The van der Waals surface area contributed by atoms with Crippen LogP contribution in [0.5, 0.6) is 5.75 Å². The number of carbonyl (C=O) groups is 1. The van der Waals surface area contributed by atoms with Crippen LogP contribution in [0.1, 0.15) is 20.8 Å². The minimum absolute atomic E-state index is 0.342. The number of anilines is 1. The summed E-state index contributed by atoms with van der Waals surface area (Å²) >= 11 is 0. The Bertz CT molecular complexity index is 634. The molecule has 0 spiro atoms. The van der Waals surface area contributed by atoms with Crippen molar-refractivity contribution in [2.45, 2.75) is 26.3 Å². The predicted octanol–water partition coefficient (Wildman–Crippen LogP) is 3.22. The number of nitrogens with zero attached hydrogens (tertiary/aromatic N) is 1. The van der Waals surface area contributed by atoms with E-state index in [-0.39, 0.29) is 5.54 Å². The molecule has 0 saturated heterocycles. The fraction of sp³-hybridized carbons (Fsp3) is 0.250. The zero-order valence-electron chi connectivity index (χ0n) is 12.4. The minimum atomic E-state index is -0.522. The highest BCUT2D eigenvalue weighted by atomic mass is 16.6. The molecule has 0 atom stereocenters. The highest BCUT2D eigenvalue weighted by Crippen LogP contribution is 2.28. The fourth-order valence-corrected chi connectivity index (χ4v) is 1.80. The smallest absolute Gasteiger partial charge is 0.408 e. The molecule has 110 valence electrons. The van der Waals surface area contributed by atoms with Crippen LogP contribution in [0.15, 0.2) is 42.7 Å². The van der Waals surface area contributed by atoms with E-state index >= 15 is 0 Å². The Morgan fingerprint density at radius 1 is 1.14 bits per heavy atom. The summed E-state index contributed by atoms with van der Waals surface area (Å²) in [5, 5.41) is 2.72. The SMILES string of the molecule is CC(C)(C)NC(=O)Oc1ccc(-c2ccncc2)cc1N. The Morgan fingerprint density at radius 3 is 2.38 bits per heavy atom. The summed E-state index contributed by atoms with van der Waals surface area (Å²) < 4.78 is 5.22. The Kier molecular flexibility index (Phi) is 4.12. The second-order valence-electron chi connectivity index (χ2n) is 5.75. The molecule has 2 aromatic rings. The standard InChI is InChI=1S/C16H19N3O2/c1-16(2,3)19-15(20)21-14-5-4-12(10-13(14)17)11-6-8-18-9-7-11/h4-10H,17H2,1-3H3,(H,19,20). The molecular formula is C16H19N3O2. The van der Waals surface area contributed by atoms with Gasteiger partial charge in [0.05, 0.1) is 5.69 Å². The summed E-state index contributed by atoms with van der Waals surface area (Å²) in [4.78, 5) is 15.7. The molecule has 5 heteroatoms. The monoisotopic (exact) mass is 285 g/mol. The van der Waals surface area contributed by atoms with E-state index in [1.54, 1.807) is 24.5 Å². The highest BCUT2D eigenvalue weighted by Gasteiger charge is 2.16. The van der Waals surface area contributed by atoms with Gasteiger partial charge in [0.25, 0.3) is 0 Å². The molecule has 2 rings (SSSR count). The third-order valence-electron chi connectivity index (χ3n) is 2.70. The molecule has 1 aromatic carbocycles. The number of nitrogens with one attached hydrogen (secondary N) is 1. The normalized spacial score (nSPS) is 11.0. The van der Waals surface area contributed by atoms with Crippen LogP contribution >= 0.6 is 0 Å². The van der Waals surface area contributed by atoms with Crippen molar-refractivity contribution in [3.8, 4) is 16.9 Å². The molecule has 0 aliphatic carbocycles. The molecule has 0 fully saturated rings. The molecule has 21 heavy (non-hydrogen) atoms. The number of hydrogen-bond acceptors (Lipinski definition) is 4. The number of aromatic nitrogens is 1. The maximum atomic E-state index is 11.7. The first-order chi connectivity index (χ1) is 9.85. The molecule has 0 unspecified atom stereocenters. The first kappa shape index (κ1) is 14.8. The molecule has 3 N–H and O–H groups in total. The number of hydrogen-bond donors (Lipinski definition) is 2. The molecule has 5 nitrogen and oxygen atoms in total. The summed E-state index contributed by atoms with van der Waals surface area (Å²) in [5.74, 6) is 0.342. The van der Waals surface area contributed by atoms with E-state index < -0.39 is 6.09 Å². The molecule has 0 aliphatic heterocycles. The Balaban J connectivity index is 2.15. The number of benzene rings is 1. The van der Waals surface area contributed by atoms with Crippen LogP contribution in [0.2, 0.25) is 0 Å². The largest absolute Gasteiger partial charge is 0.413 e. The lowest BCUT2D eigenvalue weighted by molar-refractivity contribution is 0.191. The van der Waals surface area contributed by atoms with E-state index in [2.05, 4.69) is 10.3 Å². The summed E-state index contributed by atoms with van der Waals surface area (Å²) in [6.07, 6.45) is 2.91. The van der Waals surface area contributed by atoms with Crippen LogP contribution < -0.4 is 15.8 Å². The van der Waals surface area contributed by atoms with Crippen LogP contribution in [0.4, 0.5) is 10.5 Å². The molecule has 0 aliphatic rings. The Hall–Kier alpha value is -2.56. The van der Waals surface area contributed by atoms with E-state index in [0.29, 0.717) is 11.4 Å². The average Bonchev–Trinajstić information content (AvgIpc) is 2.40. The number of nitrogen functional groups attached to an aromatic ring is 1. The van der Waals surface area contributed by atoms with Crippen LogP contribution in [0, 0.1) is 0 Å². The summed E-state index contributed by atoms with van der Waals surface area (Å²) in [5.41, 5.74) is 7.95. The quantitative estimate of drug-likeness (QED) is 0.830. The number of nitrogens with two attached hydrogens (primary N) is 1. The van der Waals surface area contributed by atoms with Crippen LogP contribution in [-0.4, -0.2) is 16.6 Å². The van der Waals surface area contributed by atoms with Gasteiger partial charge < -0.3 is 15.8 Å². The zero-order chi connectivity index (χ0) is 15.5. The number of pyridine rings is 1. The van der Waals surface area contributed by atoms with Crippen molar-refractivity contribution in [1.82, 2.24) is 10.3 Å². The molecule has 0 bridgehead atoms. The van der Waals surface area contributed by atoms with Gasteiger partial charge in [0.2, 0.25) is 0 Å². The zero-order valence-corrected chi connectivity index (χ0v) is 12.4. The van der Waals surface area contributed by atoms with E-state index in [9.17, 15) is 4.79 Å². The van der Waals surface area contributed by atoms with Gasteiger partial charge in [0, 0.05) is 17.9 Å². The Labute approximate surface area is 124 Å². The van der Waals surface area contributed by atoms with Gasteiger partial charge in [-0.25, -0.2) is 4.79 Å². The van der Waals surface area contributed by atoms with Crippen molar-refractivity contribution in [1.29, 1.82) is 0 Å². The lowest BCUT2D eigenvalue weighted by Crippen LogP contribution is -2.42. The molecule has 0 saturated carbocycles. The van der Waals surface area contributed by atoms with Crippen molar-refractivity contribution < 1.29 is 9.53 Å². The summed E-state index contributed by atoms with van der Waals surface area (Å²) in [7, 11) is 0. The maximum absolute atomic E-state index is 11.7. The van der Waals surface area contributed by atoms with E-state index in [1.807, 2.05) is 39.0 Å². The van der Waals surface area contributed by atoms with Crippen molar-refractivity contribution in [2.75, 3.05) is 5.73 Å². The third-order valence-corrected chi connectivity index (χ3v) is 2.70. The van der Waals surface area contributed by atoms with Gasteiger partial charge in [0.15, 0.2) is 5.75 Å². The molecular weight excluding hydrogens is 266 g/mol. The number of ether oxygens (including phenoxy) is 1. The minimum Gasteiger partial charge on any atom is -0.408 e. The first-order valence-electron chi connectivity index (χ1n) is 6.65. The highest BCUT2D eigenvalue weighted by molar-refractivity contribution is 5.76. The van der Waals surface area contributed by atoms with Gasteiger partial charge in [-0.05, 0) is 56.2 Å². The number of carbonyl (C=O) groups excluding carboxylic acids is 1. The molecule has 1 aromatic heterocycles. The molecule has 1 amide bonds. The van der Waals surface area contributed by atoms with Gasteiger partial charge in [-0.15, -0.1) is 0 Å². The van der Waals surface area contributed by atoms with E-state index in [0.717, 1.165) is 11.1 Å². The van der Waals surface area contributed by atoms with Crippen LogP contribution in [-0.2, 0) is 0 Å². The lowest BCUT2D eigenvalue weighted by Gasteiger charge is -2.20. The molecule has 0 radical (unpaired) electrons. The van der Waals surface area contributed by atoms with Crippen molar-refractivity contribution in [3.63, 3.8) is 0 Å². The van der Waals surface area contributed by atoms with Gasteiger partial charge in [0.1, 0.15) is 0 Å². The van der Waals surface area contributed by atoms with Crippen LogP contribution in [0.3, 0.4) is 0 Å². The van der Waals surface area contributed by atoms with Gasteiger partial charge in [-0.3, -0.25) is 4.98 Å². The summed E-state index contributed by atoms with van der Waals surface area (Å²) in [6, 6.07) is 9.09. The maximum Gasteiger partial charge on any atom is 0.413 e. The van der Waals surface area contributed by atoms with Crippen molar-refractivity contribution >= 4 is 11.8 Å². The van der Waals surface area contributed by atoms with Crippen LogP contribution in [0.25, 0.3) is 11.1 Å². The van der Waals surface area contributed by atoms with Gasteiger partial charge in [-0.1, -0.05) is 6.07 Å². The van der Waals surface area contributed by atoms with E-state index in [1.165, 1.54) is 0 Å². The van der Waals surface area contributed by atoms with Crippen molar-refractivity contribution in [2.24, 2.45) is 0 Å². The second kappa shape index (κ2) is 5.83. The Morgan fingerprint density at radius 2 is 1.81 bits per heavy atom. The molecule has 1 heterocycles. The second-order valence-corrected chi connectivity index (χ2v) is 5.75. The summed E-state index contributed by atoms with van der Waals surface area (Å²) in [6.45, 7) is 5.64. The van der Waals surface area contributed by atoms with Gasteiger partial charge >= 0.3 is 6.09 Å². The third kappa shape index (κ3) is 4.21. The number of rotatable bonds is 2. The number of amides is 1. The predicted molar refractivity (Wildman–Crippen MR) is 83.0 cm³/mol. The topological polar surface area (TPSA) is 77.2 Å². The van der Waals surface area contributed by atoms with Gasteiger partial charge in [-0.2, -0.15) is 0 Å².